The highest BCUT2D eigenvalue weighted by molar-refractivity contribution is 7.98. The van der Waals surface area contributed by atoms with Crippen LogP contribution in [0.3, 0.4) is 0 Å². The van der Waals surface area contributed by atoms with Crippen molar-refractivity contribution in [3.63, 3.8) is 0 Å². The van der Waals surface area contributed by atoms with E-state index in [1.165, 1.54) is 5.56 Å². The molecule has 0 aliphatic heterocycles. The first-order valence-electron chi connectivity index (χ1n) is 5.07. The molecule has 0 atom stereocenters. The van der Waals surface area contributed by atoms with Crippen LogP contribution in [-0.2, 0) is 5.75 Å². The number of hydrogen-bond acceptors (Lipinski definition) is 2. The highest BCUT2D eigenvalue weighted by atomic mass is 35.5. The third kappa shape index (κ3) is 3.56. The van der Waals surface area contributed by atoms with Gasteiger partial charge in [-0.15, -0.1) is 11.8 Å². The van der Waals surface area contributed by atoms with Crippen molar-refractivity contribution >= 4 is 40.7 Å². The fourth-order valence-electron chi connectivity index (χ4n) is 1.39. The molecule has 4 heteroatoms. The molecule has 0 saturated heterocycles. The monoisotopic (exact) mass is 283 g/mol. The highest BCUT2D eigenvalue weighted by Gasteiger charge is 2.00. The Morgan fingerprint density at radius 3 is 2.59 bits per heavy atom. The first-order valence-corrected chi connectivity index (χ1v) is 6.81. The van der Waals surface area contributed by atoms with E-state index in [0.717, 1.165) is 15.7 Å². The minimum absolute atomic E-state index is 0.598. The Bertz CT molecular complexity index is 529. The Kier molecular flexibility index (Phi) is 4.21. The van der Waals surface area contributed by atoms with E-state index in [9.17, 15) is 0 Å². The lowest BCUT2D eigenvalue weighted by atomic mass is 10.2. The van der Waals surface area contributed by atoms with Crippen LogP contribution in [-0.4, -0.2) is 0 Å². The molecule has 0 bridgehead atoms. The van der Waals surface area contributed by atoms with Gasteiger partial charge in [-0.1, -0.05) is 35.3 Å². The van der Waals surface area contributed by atoms with Crippen LogP contribution in [0.5, 0.6) is 0 Å². The van der Waals surface area contributed by atoms with Crippen molar-refractivity contribution in [2.45, 2.75) is 10.6 Å². The maximum Gasteiger partial charge on any atom is 0.0646 e. The quantitative estimate of drug-likeness (QED) is 0.643. The second kappa shape index (κ2) is 5.67. The Morgan fingerprint density at radius 1 is 1.06 bits per heavy atom. The fraction of sp³-hybridized carbons (Fsp3) is 0.0769. The van der Waals surface area contributed by atoms with Crippen molar-refractivity contribution in [1.82, 2.24) is 0 Å². The number of nitrogen functional groups attached to an aromatic ring is 1. The number of thioether (sulfide) groups is 1. The SMILES string of the molecule is Nc1ccc(SCc2cccc(Cl)c2)cc1Cl. The van der Waals surface area contributed by atoms with Gasteiger partial charge in [-0.05, 0) is 35.9 Å². The van der Waals surface area contributed by atoms with E-state index in [2.05, 4.69) is 6.07 Å². The van der Waals surface area contributed by atoms with Crippen LogP contribution in [0.15, 0.2) is 47.4 Å². The molecule has 2 aromatic rings. The molecule has 0 fully saturated rings. The van der Waals surface area contributed by atoms with Crippen LogP contribution in [0.25, 0.3) is 0 Å². The number of anilines is 1. The maximum atomic E-state index is 5.96. The second-order valence-corrected chi connectivity index (χ2v) is 5.49. The summed E-state index contributed by atoms with van der Waals surface area (Å²) in [4.78, 5) is 1.10. The zero-order chi connectivity index (χ0) is 12.3. The molecule has 17 heavy (non-hydrogen) atoms. The second-order valence-electron chi connectivity index (χ2n) is 3.60. The molecule has 1 nitrogen and oxygen atoms in total. The van der Waals surface area contributed by atoms with Gasteiger partial charge in [0.1, 0.15) is 0 Å². The molecular weight excluding hydrogens is 273 g/mol. The van der Waals surface area contributed by atoms with Gasteiger partial charge in [-0.3, -0.25) is 0 Å². The van der Waals surface area contributed by atoms with Crippen LogP contribution < -0.4 is 5.73 Å². The van der Waals surface area contributed by atoms with Gasteiger partial charge in [0.25, 0.3) is 0 Å². The first kappa shape index (κ1) is 12.6. The molecule has 2 rings (SSSR count). The molecule has 2 aromatic carbocycles. The summed E-state index contributed by atoms with van der Waals surface area (Å²) < 4.78 is 0. The lowest BCUT2D eigenvalue weighted by Crippen LogP contribution is -1.86. The summed E-state index contributed by atoms with van der Waals surface area (Å²) in [7, 11) is 0. The lowest BCUT2D eigenvalue weighted by molar-refractivity contribution is 1.38. The summed E-state index contributed by atoms with van der Waals surface area (Å²) >= 11 is 13.6. The fourth-order valence-corrected chi connectivity index (χ4v) is 2.73. The topological polar surface area (TPSA) is 26.0 Å². The van der Waals surface area contributed by atoms with Gasteiger partial charge in [-0.2, -0.15) is 0 Å². The Labute approximate surface area is 115 Å². The molecule has 0 aromatic heterocycles. The van der Waals surface area contributed by atoms with E-state index in [1.807, 2.05) is 36.4 Å². The van der Waals surface area contributed by atoms with E-state index >= 15 is 0 Å². The predicted octanol–water partition coefficient (Wildman–Crippen LogP) is 4.87. The first-order chi connectivity index (χ1) is 8.15. The van der Waals surface area contributed by atoms with Gasteiger partial charge < -0.3 is 5.73 Å². The number of nitrogens with two attached hydrogens (primary N) is 1. The largest absolute Gasteiger partial charge is 0.398 e. The van der Waals surface area contributed by atoms with Crippen molar-refractivity contribution < 1.29 is 0 Å². The van der Waals surface area contributed by atoms with E-state index < -0.39 is 0 Å². The summed E-state index contributed by atoms with van der Waals surface area (Å²) in [5.41, 5.74) is 7.46. The number of rotatable bonds is 3. The zero-order valence-electron chi connectivity index (χ0n) is 8.99. The number of halogens is 2. The normalized spacial score (nSPS) is 10.5. The lowest BCUT2D eigenvalue weighted by Gasteiger charge is -2.04. The average Bonchev–Trinajstić information content (AvgIpc) is 2.31. The number of benzene rings is 2. The zero-order valence-corrected chi connectivity index (χ0v) is 11.3. The molecular formula is C13H11Cl2NS. The molecule has 0 aliphatic rings. The minimum Gasteiger partial charge on any atom is -0.398 e. The molecule has 0 radical (unpaired) electrons. The van der Waals surface area contributed by atoms with Gasteiger partial charge in [0, 0.05) is 15.7 Å². The standard InChI is InChI=1S/C13H11Cl2NS/c14-10-3-1-2-9(6-10)8-17-11-4-5-13(16)12(15)7-11/h1-7H,8,16H2. The van der Waals surface area contributed by atoms with Crippen molar-refractivity contribution in [2.24, 2.45) is 0 Å². The Morgan fingerprint density at radius 2 is 1.88 bits per heavy atom. The highest BCUT2D eigenvalue weighted by Crippen LogP contribution is 2.29. The van der Waals surface area contributed by atoms with E-state index in [1.54, 1.807) is 11.8 Å². The van der Waals surface area contributed by atoms with Crippen molar-refractivity contribution in [1.29, 1.82) is 0 Å². The van der Waals surface area contributed by atoms with E-state index in [-0.39, 0.29) is 0 Å². The van der Waals surface area contributed by atoms with E-state index in [0.29, 0.717) is 10.7 Å². The third-order valence-corrected chi connectivity index (χ3v) is 3.89. The van der Waals surface area contributed by atoms with Crippen LogP contribution >= 0.6 is 35.0 Å². The summed E-state index contributed by atoms with van der Waals surface area (Å²) in [6.07, 6.45) is 0. The smallest absolute Gasteiger partial charge is 0.0646 e. The molecule has 2 N–H and O–H groups in total. The summed E-state index contributed by atoms with van der Waals surface area (Å²) in [6, 6.07) is 13.5. The van der Waals surface area contributed by atoms with Crippen molar-refractivity contribution in [3.8, 4) is 0 Å². The number of hydrogen-bond donors (Lipinski definition) is 1. The molecule has 0 saturated carbocycles. The third-order valence-electron chi connectivity index (χ3n) is 2.27. The Balaban J connectivity index is 2.05. The van der Waals surface area contributed by atoms with Crippen LogP contribution in [0.2, 0.25) is 10.0 Å². The van der Waals surface area contributed by atoms with Gasteiger partial charge in [-0.25, -0.2) is 0 Å². The summed E-state index contributed by atoms with van der Waals surface area (Å²) in [5.74, 6) is 0.862. The summed E-state index contributed by atoms with van der Waals surface area (Å²) in [5, 5.41) is 1.36. The molecule has 0 amide bonds. The minimum atomic E-state index is 0.598. The van der Waals surface area contributed by atoms with E-state index in [4.69, 9.17) is 28.9 Å². The average molecular weight is 284 g/mol. The van der Waals surface area contributed by atoms with Gasteiger partial charge in [0.15, 0.2) is 0 Å². The van der Waals surface area contributed by atoms with Gasteiger partial charge >= 0.3 is 0 Å². The van der Waals surface area contributed by atoms with Crippen LogP contribution in [0.1, 0.15) is 5.56 Å². The molecule has 0 unspecified atom stereocenters. The van der Waals surface area contributed by atoms with Gasteiger partial charge in [0.05, 0.1) is 10.7 Å². The van der Waals surface area contributed by atoms with Crippen molar-refractivity contribution in [3.05, 3.63) is 58.1 Å². The molecule has 0 heterocycles. The van der Waals surface area contributed by atoms with Gasteiger partial charge in [0.2, 0.25) is 0 Å². The summed E-state index contributed by atoms with van der Waals surface area (Å²) in [6.45, 7) is 0. The molecule has 88 valence electrons. The van der Waals surface area contributed by atoms with Crippen LogP contribution in [0.4, 0.5) is 5.69 Å². The molecule has 0 aliphatic carbocycles. The van der Waals surface area contributed by atoms with Crippen molar-refractivity contribution in [2.75, 3.05) is 5.73 Å². The molecule has 0 spiro atoms. The predicted molar refractivity (Wildman–Crippen MR) is 76.9 cm³/mol. The Hall–Kier alpha value is -0.830. The maximum absolute atomic E-state index is 5.96. The van der Waals surface area contributed by atoms with Crippen LogP contribution in [0, 0.1) is 0 Å².